The highest BCUT2D eigenvalue weighted by Crippen LogP contribution is 2.17. The fourth-order valence-electron chi connectivity index (χ4n) is 3.40. The summed E-state index contributed by atoms with van der Waals surface area (Å²) in [5, 5.41) is 3.21. The van der Waals surface area contributed by atoms with Crippen molar-refractivity contribution in [2.75, 3.05) is 32.8 Å². The van der Waals surface area contributed by atoms with Crippen LogP contribution in [0, 0.1) is 0 Å². The van der Waals surface area contributed by atoms with E-state index in [1.807, 2.05) is 53.2 Å². The number of ether oxygens (including phenoxy) is 1. The third-order valence-corrected chi connectivity index (χ3v) is 4.98. The van der Waals surface area contributed by atoms with E-state index in [2.05, 4.69) is 27.3 Å². The van der Waals surface area contributed by atoms with Crippen LogP contribution >= 0.6 is 0 Å². The first-order valence-corrected chi connectivity index (χ1v) is 9.54. The molecule has 0 spiro atoms. The van der Waals surface area contributed by atoms with Crippen LogP contribution in [0.15, 0.2) is 73.3 Å². The quantitative estimate of drug-likeness (QED) is 0.719. The molecule has 0 bridgehead atoms. The van der Waals surface area contributed by atoms with Crippen molar-refractivity contribution in [3.8, 4) is 5.69 Å². The predicted octanol–water partition coefficient (Wildman–Crippen LogP) is 2.68. The lowest BCUT2D eigenvalue weighted by molar-refractivity contribution is 0.0332. The first-order chi connectivity index (χ1) is 13.8. The zero-order valence-corrected chi connectivity index (χ0v) is 15.7. The maximum atomic E-state index is 12.9. The number of morpholine rings is 1. The molecule has 4 rings (SSSR count). The van der Waals surface area contributed by atoms with Gasteiger partial charge in [0.05, 0.1) is 25.6 Å². The third kappa shape index (κ3) is 4.47. The van der Waals surface area contributed by atoms with E-state index >= 15 is 0 Å². The molecule has 2 aromatic carbocycles. The average molecular weight is 376 g/mol. The fourth-order valence-corrected chi connectivity index (χ4v) is 3.40. The molecule has 0 radical (unpaired) electrons. The van der Waals surface area contributed by atoms with Crippen LogP contribution < -0.4 is 5.32 Å². The van der Waals surface area contributed by atoms with Crippen LogP contribution in [0.1, 0.15) is 22.0 Å². The summed E-state index contributed by atoms with van der Waals surface area (Å²) in [4.78, 5) is 19.3. The molecular formula is C22H24N4O2. The molecule has 1 aliphatic rings. The number of imidazole rings is 1. The van der Waals surface area contributed by atoms with Crippen LogP contribution in [0.4, 0.5) is 0 Å². The molecule has 28 heavy (non-hydrogen) atoms. The fraction of sp³-hybridized carbons (Fsp3) is 0.273. The minimum absolute atomic E-state index is 0.0693. The average Bonchev–Trinajstić information content (AvgIpc) is 3.30. The molecule has 1 unspecified atom stereocenters. The van der Waals surface area contributed by atoms with Gasteiger partial charge in [-0.3, -0.25) is 9.69 Å². The molecule has 3 aromatic rings. The Balaban J connectivity index is 1.48. The summed E-state index contributed by atoms with van der Waals surface area (Å²) in [5.74, 6) is -0.0701. The second kappa shape index (κ2) is 8.82. The Morgan fingerprint density at radius 2 is 1.82 bits per heavy atom. The zero-order valence-electron chi connectivity index (χ0n) is 15.7. The van der Waals surface area contributed by atoms with E-state index in [1.54, 1.807) is 12.5 Å². The van der Waals surface area contributed by atoms with Gasteiger partial charge in [-0.25, -0.2) is 4.98 Å². The highest BCUT2D eigenvalue weighted by molar-refractivity contribution is 5.94. The minimum Gasteiger partial charge on any atom is -0.379 e. The number of nitrogens with zero attached hydrogens (tertiary/aromatic N) is 3. The molecule has 2 heterocycles. The van der Waals surface area contributed by atoms with Gasteiger partial charge in [0.15, 0.2) is 0 Å². The first kappa shape index (κ1) is 18.4. The number of nitrogens with one attached hydrogen (secondary N) is 1. The van der Waals surface area contributed by atoms with Crippen LogP contribution in [0.5, 0.6) is 0 Å². The highest BCUT2D eigenvalue weighted by atomic mass is 16.5. The number of aromatic nitrogens is 2. The van der Waals surface area contributed by atoms with E-state index in [1.165, 1.54) is 0 Å². The topological polar surface area (TPSA) is 59.4 Å². The lowest BCUT2D eigenvalue weighted by Crippen LogP contribution is -2.43. The second-order valence-electron chi connectivity index (χ2n) is 6.87. The number of amides is 1. The van der Waals surface area contributed by atoms with Crippen LogP contribution in [-0.2, 0) is 4.74 Å². The van der Waals surface area contributed by atoms with E-state index in [4.69, 9.17) is 4.74 Å². The van der Waals surface area contributed by atoms with Gasteiger partial charge in [0.2, 0.25) is 0 Å². The standard InChI is InChI=1S/C22H24N4O2/c27-22(19-6-8-20(9-7-19)26-11-10-23-17-26)24-21(18-4-2-1-3-5-18)16-25-12-14-28-15-13-25/h1-11,17,21H,12-16H2,(H,24,27). The summed E-state index contributed by atoms with van der Waals surface area (Å²) >= 11 is 0. The van der Waals surface area contributed by atoms with Gasteiger partial charge in [-0.15, -0.1) is 0 Å². The molecule has 1 N–H and O–H groups in total. The summed E-state index contributed by atoms with van der Waals surface area (Å²) < 4.78 is 7.35. The minimum atomic E-state index is -0.0701. The largest absolute Gasteiger partial charge is 0.379 e. The maximum absolute atomic E-state index is 12.9. The van der Waals surface area contributed by atoms with Crippen LogP contribution in [0.3, 0.4) is 0 Å². The van der Waals surface area contributed by atoms with Crippen molar-refractivity contribution in [3.63, 3.8) is 0 Å². The molecule has 6 nitrogen and oxygen atoms in total. The van der Waals surface area contributed by atoms with Gasteiger partial charge >= 0.3 is 0 Å². The molecule has 0 aliphatic carbocycles. The van der Waals surface area contributed by atoms with Crippen LogP contribution in [-0.4, -0.2) is 53.2 Å². The lowest BCUT2D eigenvalue weighted by Gasteiger charge is -2.31. The third-order valence-electron chi connectivity index (χ3n) is 4.98. The Bertz CT molecular complexity index is 873. The van der Waals surface area contributed by atoms with Gasteiger partial charge < -0.3 is 14.6 Å². The van der Waals surface area contributed by atoms with Gasteiger partial charge in [-0.05, 0) is 29.8 Å². The molecule has 1 amide bonds. The second-order valence-corrected chi connectivity index (χ2v) is 6.87. The molecule has 1 aromatic heterocycles. The molecule has 1 aliphatic heterocycles. The summed E-state index contributed by atoms with van der Waals surface area (Å²) in [7, 11) is 0. The summed E-state index contributed by atoms with van der Waals surface area (Å²) in [6.45, 7) is 4.03. The molecule has 1 atom stereocenters. The first-order valence-electron chi connectivity index (χ1n) is 9.54. The van der Waals surface area contributed by atoms with E-state index in [0.29, 0.717) is 5.56 Å². The van der Waals surface area contributed by atoms with Gasteiger partial charge in [-0.1, -0.05) is 30.3 Å². The molecule has 0 saturated carbocycles. The van der Waals surface area contributed by atoms with Crippen molar-refractivity contribution >= 4 is 5.91 Å². The Kier molecular flexibility index (Phi) is 5.80. The van der Waals surface area contributed by atoms with Crippen LogP contribution in [0.25, 0.3) is 5.69 Å². The van der Waals surface area contributed by atoms with Crippen molar-refractivity contribution in [2.45, 2.75) is 6.04 Å². The van der Waals surface area contributed by atoms with Gasteiger partial charge in [-0.2, -0.15) is 0 Å². The molecular weight excluding hydrogens is 352 g/mol. The van der Waals surface area contributed by atoms with Crippen molar-refractivity contribution in [1.29, 1.82) is 0 Å². The van der Waals surface area contributed by atoms with E-state index in [0.717, 1.165) is 44.1 Å². The summed E-state index contributed by atoms with van der Waals surface area (Å²) in [6.07, 6.45) is 5.35. The van der Waals surface area contributed by atoms with Gasteiger partial charge in [0.1, 0.15) is 0 Å². The monoisotopic (exact) mass is 376 g/mol. The van der Waals surface area contributed by atoms with E-state index in [-0.39, 0.29) is 11.9 Å². The zero-order chi connectivity index (χ0) is 19.2. The van der Waals surface area contributed by atoms with E-state index < -0.39 is 0 Å². The predicted molar refractivity (Wildman–Crippen MR) is 107 cm³/mol. The van der Waals surface area contributed by atoms with Crippen molar-refractivity contribution in [1.82, 2.24) is 19.8 Å². The van der Waals surface area contributed by atoms with Crippen LogP contribution in [0.2, 0.25) is 0 Å². The number of rotatable bonds is 6. The SMILES string of the molecule is O=C(NC(CN1CCOCC1)c1ccccc1)c1ccc(-n2ccnc2)cc1. The molecule has 144 valence electrons. The van der Waals surface area contributed by atoms with Crippen molar-refractivity contribution < 1.29 is 9.53 Å². The Hall–Kier alpha value is -2.96. The van der Waals surface area contributed by atoms with Gasteiger partial charge in [0, 0.05) is 43.3 Å². The van der Waals surface area contributed by atoms with E-state index in [9.17, 15) is 4.79 Å². The Morgan fingerprint density at radius 1 is 1.07 bits per heavy atom. The van der Waals surface area contributed by atoms with Crippen molar-refractivity contribution in [2.24, 2.45) is 0 Å². The smallest absolute Gasteiger partial charge is 0.251 e. The number of benzene rings is 2. The number of carbonyl (C=O) groups is 1. The number of carbonyl (C=O) groups excluding carboxylic acids is 1. The molecule has 1 fully saturated rings. The van der Waals surface area contributed by atoms with Crippen molar-refractivity contribution in [3.05, 3.63) is 84.4 Å². The Morgan fingerprint density at radius 3 is 2.50 bits per heavy atom. The lowest BCUT2D eigenvalue weighted by atomic mass is 10.1. The number of hydrogen-bond acceptors (Lipinski definition) is 4. The van der Waals surface area contributed by atoms with Gasteiger partial charge in [0.25, 0.3) is 5.91 Å². The normalized spacial score (nSPS) is 15.9. The summed E-state index contributed by atoms with van der Waals surface area (Å²) in [5.41, 5.74) is 2.73. The highest BCUT2D eigenvalue weighted by Gasteiger charge is 2.20. The summed E-state index contributed by atoms with van der Waals surface area (Å²) in [6, 6.07) is 17.6. The molecule has 1 saturated heterocycles. The maximum Gasteiger partial charge on any atom is 0.251 e. The number of hydrogen-bond donors (Lipinski definition) is 1. The Labute approximate surface area is 164 Å². The molecule has 6 heteroatoms.